The largest absolute Gasteiger partial charge is 0.0882 e. The number of hydrogen-bond donors (Lipinski definition) is 0. The molecule has 0 saturated carbocycles. The van der Waals surface area contributed by atoms with Crippen LogP contribution in [0.2, 0.25) is 0 Å². The SMILES string of the molecule is C1=C/C=C/C/C=C/CCCC=C1. The minimum absolute atomic E-state index is 1.06. The van der Waals surface area contributed by atoms with Gasteiger partial charge in [0.1, 0.15) is 0 Å². The van der Waals surface area contributed by atoms with Crippen LogP contribution in [0.3, 0.4) is 0 Å². The molecule has 1 aliphatic rings. The van der Waals surface area contributed by atoms with E-state index in [1.54, 1.807) is 0 Å². The standard InChI is InChI=1S/C12H16/c1-2-4-6-8-10-12-11-9-7-5-3-1/h1-6,9,11H,7-8,10,12H2/b2-1?,5-3+,6-4?,11-9+. The van der Waals surface area contributed by atoms with Crippen LogP contribution in [0.15, 0.2) is 48.6 Å². The Bertz CT molecular complexity index is 204. The zero-order valence-electron chi connectivity index (χ0n) is 7.45. The third kappa shape index (κ3) is 4.73. The molecule has 0 atom stereocenters. The highest BCUT2D eigenvalue weighted by molar-refractivity contribution is 5.12. The summed E-state index contributed by atoms with van der Waals surface area (Å²) in [5.41, 5.74) is 0. The lowest BCUT2D eigenvalue weighted by atomic mass is 10.2. The quantitative estimate of drug-likeness (QED) is 0.473. The predicted octanol–water partition coefficient (Wildman–Crippen LogP) is 3.79. The summed E-state index contributed by atoms with van der Waals surface area (Å²) >= 11 is 0. The monoisotopic (exact) mass is 160 g/mol. The van der Waals surface area contributed by atoms with Gasteiger partial charge in [0.15, 0.2) is 0 Å². The lowest BCUT2D eigenvalue weighted by Gasteiger charge is -1.90. The highest BCUT2D eigenvalue weighted by Gasteiger charge is 1.80. The van der Waals surface area contributed by atoms with Crippen LogP contribution in [-0.4, -0.2) is 0 Å². The summed E-state index contributed by atoms with van der Waals surface area (Å²) in [7, 11) is 0. The highest BCUT2D eigenvalue weighted by atomic mass is 13.9. The Morgan fingerprint density at radius 3 is 2.25 bits per heavy atom. The van der Waals surface area contributed by atoms with Crippen LogP contribution in [0.1, 0.15) is 25.7 Å². The molecule has 1 rings (SSSR count). The Balaban J connectivity index is 2.42. The average molecular weight is 160 g/mol. The van der Waals surface area contributed by atoms with Crippen molar-refractivity contribution >= 4 is 0 Å². The molecule has 0 aromatic heterocycles. The zero-order chi connectivity index (χ0) is 8.49. The summed E-state index contributed by atoms with van der Waals surface area (Å²) < 4.78 is 0. The molecule has 0 heteroatoms. The first-order chi connectivity index (χ1) is 6.00. The fourth-order valence-electron chi connectivity index (χ4n) is 1.11. The van der Waals surface area contributed by atoms with Gasteiger partial charge in [0.2, 0.25) is 0 Å². The number of rotatable bonds is 0. The van der Waals surface area contributed by atoms with Crippen LogP contribution < -0.4 is 0 Å². The second-order valence-corrected chi connectivity index (χ2v) is 2.88. The van der Waals surface area contributed by atoms with Crippen molar-refractivity contribution in [1.29, 1.82) is 0 Å². The fraction of sp³-hybridized carbons (Fsp3) is 0.333. The lowest BCUT2D eigenvalue weighted by molar-refractivity contribution is 0.866. The second kappa shape index (κ2) is 6.66. The lowest BCUT2D eigenvalue weighted by Crippen LogP contribution is -1.69. The molecule has 0 aliphatic heterocycles. The van der Waals surface area contributed by atoms with Gasteiger partial charge in [-0.05, 0) is 25.7 Å². The first-order valence-corrected chi connectivity index (χ1v) is 4.63. The van der Waals surface area contributed by atoms with E-state index in [1.165, 1.54) is 19.3 Å². The molecule has 1 aliphatic carbocycles. The van der Waals surface area contributed by atoms with Gasteiger partial charge in [-0.15, -0.1) is 0 Å². The molecule has 0 amide bonds. The molecule has 0 heterocycles. The van der Waals surface area contributed by atoms with Crippen LogP contribution in [0.5, 0.6) is 0 Å². The van der Waals surface area contributed by atoms with Crippen molar-refractivity contribution in [2.75, 3.05) is 0 Å². The van der Waals surface area contributed by atoms with Crippen molar-refractivity contribution in [3.05, 3.63) is 48.6 Å². The van der Waals surface area contributed by atoms with E-state index < -0.39 is 0 Å². The van der Waals surface area contributed by atoms with Crippen molar-refractivity contribution < 1.29 is 0 Å². The fourth-order valence-corrected chi connectivity index (χ4v) is 1.11. The molecule has 0 radical (unpaired) electrons. The van der Waals surface area contributed by atoms with Crippen molar-refractivity contribution in [2.45, 2.75) is 25.7 Å². The first-order valence-electron chi connectivity index (χ1n) is 4.63. The van der Waals surface area contributed by atoms with Gasteiger partial charge in [-0.2, -0.15) is 0 Å². The van der Waals surface area contributed by atoms with Gasteiger partial charge >= 0.3 is 0 Å². The minimum Gasteiger partial charge on any atom is -0.0882 e. The normalized spacial score (nSPS) is 24.0. The Labute approximate surface area is 75.0 Å². The van der Waals surface area contributed by atoms with Crippen LogP contribution in [0, 0.1) is 0 Å². The maximum absolute atomic E-state index is 2.27. The Morgan fingerprint density at radius 2 is 1.33 bits per heavy atom. The maximum atomic E-state index is 2.27. The summed E-state index contributed by atoms with van der Waals surface area (Å²) in [4.78, 5) is 0. The predicted molar refractivity (Wildman–Crippen MR) is 55.0 cm³/mol. The van der Waals surface area contributed by atoms with E-state index in [1.807, 2.05) is 0 Å². The Morgan fingerprint density at radius 1 is 0.583 bits per heavy atom. The molecule has 0 N–H and O–H groups in total. The van der Waals surface area contributed by atoms with Crippen molar-refractivity contribution in [3.8, 4) is 0 Å². The van der Waals surface area contributed by atoms with E-state index >= 15 is 0 Å². The van der Waals surface area contributed by atoms with Gasteiger partial charge in [0.05, 0.1) is 0 Å². The van der Waals surface area contributed by atoms with Crippen LogP contribution in [0.4, 0.5) is 0 Å². The Hall–Kier alpha value is -1.04. The summed E-state index contributed by atoms with van der Waals surface area (Å²) in [5.74, 6) is 0. The molecule has 0 aromatic carbocycles. The van der Waals surface area contributed by atoms with Gasteiger partial charge in [0.25, 0.3) is 0 Å². The van der Waals surface area contributed by atoms with Gasteiger partial charge in [-0.1, -0.05) is 48.6 Å². The van der Waals surface area contributed by atoms with Crippen LogP contribution >= 0.6 is 0 Å². The molecule has 0 aromatic rings. The van der Waals surface area contributed by atoms with Gasteiger partial charge in [-0.25, -0.2) is 0 Å². The molecule has 0 saturated heterocycles. The summed E-state index contributed by atoms with van der Waals surface area (Å²) in [5, 5.41) is 0. The first kappa shape index (κ1) is 9.05. The van der Waals surface area contributed by atoms with Gasteiger partial charge < -0.3 is 0 Å². The summed E-state index contributed by atoms with van der Waals surface area (Å²) in [6.07, 6.45) is 22.0. The van der Waals surface area contributed by atoms with E-state index in [9.17, 15) is 0 Å². The van der Waals surface area contributed by atoms with Crippen LogP contribution in [0.25, 0.3) is 0 Å². The molecular weight excluding hydrogens is 144 g/mol. The van der Waals surface area contributed by atoms with E-state index in [0.29, 0.717) is 0 Å². The molecule has 0 nitrogen and oxygen atoms in total. The molecule has 0 fully saturated rings. The molecule has 0 spiro atoms. The molecule has 12 heavy (non-hydrogen) atoms. The van der Waals surface area contributed by atoms with Crippen molar-refractivity contribution in [2.24, 2.45) is 0 Å². The average Bonchev–Trinajstić information content (AvgIpc) is 2.05. The smallest absolute Gasteiger partial charge is 0.0166 e. The van der Waals surface area contributed by atoms with Crippen molar-refractivity contribution in [1.82, 2.24) is 0 Å². The van der Waals surface area contributed by atoms with E-state index in [0.717, 1.165) is 6.42 Å². The topological polar surface area (TPSA) is 0 Å². The number of hydrogen-bond acceptors (Lipinski definition) is 0. The van der Waals surface area contributed by atoms with E-state index in [2.05, 4.69) is 48.6 Å². The third-order valence-electron chi connectivity index (χ3n) is 1.79. The molecule has 64 valence electrons. The molecule has 0 unspecified atom stereocenters. The Kier molecular flexibility index (Phi) is 5.02. The third-order valence-corrected chi connectivity index (χ3v) is 1.79. The van der Waals surface area contributed by atoms with Gasteiger partial charge in [-0.3, -0.25) is 0 Å². The number of allylic oxidation sites excluding steroid dienone is 8. The van der Waals surface area contributed by atoms with E-state index in [4.69, 9.17) is 0 Å². The summed E-state index contributed by atoms with van der Waals surface area (Å²) in [6, 6.07) is 0. The second-order valence-electron chi connectivity index (χ2n) is 2.88. The zero-order valence-corrected chi connectivity index (χ0v) is 7.45. The maximum Gasteiger partial charge on any atom is -0.0166 e. The minimum atomic E-state index is 1.06. The highest BCUT2D eigenvalue weighted by Crippen LogP contribution is 2.00. The molecule has 0 bridgehead atoms. The van der Waals surface area contributed by atoms with Crippen LogP contribution in [-0.2, 0) is 0 Å². The van der Waals surface area contributed by atoms with E-state index in [-0.39, 0.29) is 0 Å². The summed E-state index contributed by atoms with van der Waals surface area (Å²) in [6.45, 7) is 0. The van der Waals surface area contributed by atoms with Crippen molar-refractivity contribution in [3.63, 3.8) is 0 Å². The molecular formula is C12H16. The van der Waals surface area contributed by atoms with Gasteiger partial charge in [0, 0.05) is 0 Å².